The van der Waals surface area contributed by atoms with Gasteiger partial charge in [0.25, 0.3) is 0 Å². The van der Waals surface area contributed by atoms with Crippen molar-refractivity contribution in [2.75, 3.05) is 5.32 Å². The van der Waals surface area contributed by atoms with Crippen molar-refractivity contribution in [1.29, 1.82) is 0 Å². The molecular formula is C23H24F3N3O3. The Labute approximate surface area is 183 Å². The lowest BCUT2D eigenvalue weighted by atomic mass is 9.88. The topological polar surface area (TPSA) is 73.2 Å². The Morgan fingerprint density at radius 2 is 1.72 bits per heavy atom. The summed E-state index contributed by atoms with van der Waals surface area (Å²) in [5.41, 5.74) is -1.46. The molecule has 0 bridgehead atoms. The second kappa shape index (κ2) is 8.29. The smallest absolute Gasteiger partial charge is 0.416 e. The van der Waals surface area contributed by atoms with Crippen molar-refractivity contribution < 1.29 is 27.5 Å². The highest BCUT2D eigenvalue weighted by molar-refractivity contribution is 5.99. The number of anilines is 1. The maximum absolute atomic E-state index is 13.0. The van der Waals surface area contributed by atoms with Crippen molar-refractivity contribution in [3.05, 3.63) is 59.8 Å². The SMILES string of the molecule is CCC(C=O)(c1ccc(C(F)(F)F)cc1)n1ncc2c(NC(=O)OC(C)(C)C)cccc21. The number of rotatable bonds is 5. The van der Waals surface area contributed by atoms with Crippen molar-refractivity contribution in [2.24, 2.45) is 0 Å². The molecule has 0 saturated heterocycles. The van der Waals surface area contributed by atoms with Gasteiger partial charge in [-0.15, -0.1) is 0 Å². The summed E-state index contributed by atoms with van der Waals surface area (Å²) in [6.45, 7) is 6.99. The first-order valence-corrected chi connectivity index (χ1v) is 10.0. The Morgan fingerprint density at radius 1 is 1.09 bits per heavy atom. The fourth-order valence-corrected chi connectivity index (χ4v) is 3.52. The van der Waals surface area contributed by atoms with Gasteiger partial charge in [-0.2, -0.15) is 18.3 Å². The molecule has 3 rings (SSSR count). The van der Waals surface area contributed by atoms with E-state index in [1.807, 2.05) is 0 Å². The molecule has 1 heterocycles. The first-order valence-electron chi connectivity index (χ1n) is 10.0. The van der Waals surface area contributed by atoms with E-state index in [1.165, 1.54) is 23.0 Å². The Bertz CT molecular complexity index is 1130. The highest BCUT2D eigenvalue weighted by Crippen LogP contribution is 2.35. The summed E-state index contributed by atoms with van der Waals surface area (Å²) >= 11 is 0. The van der Waals surface area contributed by atoms with E-state index >= 15 is 0 Å². The lowest BCUT2D eigenvalue weighted by molar-refractivity contribution is -0.137. The monoisotopic (exact) mass is 447 g/mol. The Morgan fingerprint density at radius 3 is 2.25 bits per heavy atom. The summed E-state index contributed by atoms with van der Waals surface area (Å²) in [7, 11) is 0. The van der Waals surface area contributed by atoms with Crippen molar-refractivity contribution in [2.45, 2.75) is 51.4 Å². The predicted octanol–water partition coefficient (Wildman–Crippen LogP) is 5.75. The zero-order chi connectivity index (χ0) is 23.7. The molecule has 1 unspecified atom stereocenters. The van der Waals surface area contributed by atoms with E-state index in [1.54, 1.807) is 45.9 Å². The number of amides is 1. The first kappa shape index (κ1) is 23.3. The molecule has 9 heteroatoms. The van der Waals surface area contributed by atoms with E-state index in [4.69, 9.17) is 4.74 Å². The minimum Gasteiger partial charge on any atom is -0.444 e. The molecular weight excluding hydrogens is 423 g/mol. The van der Waals surface area contributed by atoms with E-state index < -0.39 is 29.0 Å². The van der Waals surface area contributed by atoms with Gasteiger partial charge in [-0.25, -0.2) is 9.48 Å². The van der Waals surface area contributed by atoms with Gasteiger partial charge in [-0.05, 0) is 57.0 Å². The zero-order valence-corrected chi connectivity index (χ0v) is 18.2. The van der Waals surface area contributed by atoms with Gasteiger partial charge in [0, 0.05) is 5.39 Å². The predicted molar refractivity (Wildman–Crippen MR) is 114 cm³/mol. The highest BCUT2D eigenvalue weighted by atomic mass is 19.4. The third-order valence-electron chi connectivity index (χ3n) is 5.07. The molecule has 0 aliphatic carbocycles. The van der Waals surface area contributed by atoms with E-state index in [0.717, 1.165) is 12.1 Å². The number of fused-ring (bicyclic) bond motifs is 1. The number of carbonyl (C=O) groups excluding carboxylic acids is 2. The quantitative estimate of drug-likeness (QED) is 0.505. The number of hydrogen-bond acceptors (Lipinski definition) is 4. The van der Waals surface area contributed by atoms with E-state index in [2.05, 4.69) is 10.4 Å². The number of benzene rings is 2. The van der Waals surface area contributed by atoms with Gasteiger partial charge >= 0.3 is 12.3 Å². The lowest BCUT2D eigenvalue weighted by Gasteiger charge is -2.29. The number of aldehydes is 1. The summed E-state index contributed by atoms with van der Waals surface area (Å²) in [5, 5.41) is 7.61. The molecule has 3 aromatic rings. The van der Waals surface area contributed by atoms with Crippen LogP contribution in [0.15, 0.2) is 48.7 Å². The van der Waals surface area contributed by atoms with Gasteiger partial charge in [0.05, 0.1) is 23.0 Å². The molecule has 0 fully saturated rings. The van der Waals surface area contributed by atoms with Crippen molar-refractivity contribution in [3.63, 3.8) is 0 Å². The van der Waals surface area contributed by atoms with Crippen LogP contribution in [0.3, 0.4) is 0 Å². The van der Waals surface area contributed by atoms with Crippen LogP contribution >= 0.6 is 0 Å². The van der Waals surface area contributed by atoms with Crippen LogP contribution in [-0.2, 0) is 21.2 Å². The third-order valence-corrected chi connectivity index (χ3v) is 5.07. The van der Waals surface area contributed by atoms with E-state index in [9.17, 15) is 22.8 Å². The Balaban J connectivity index is 2.06. The standard InChI is InChI=1S/C23H24F3N3O3/c1-5-22(14-30,15-9-11-16(12-10-15)23(24,25)26)29-19-8-6-7-18(17(19)13-27-29)28-20(31)32-21(2,3)4/h6-14H,5H2,1-4H3,(H,28,31). The summed E-state index contributed by atoms with van der Waals surface area (Å²) < 4.78 is 45.7. The lowest BCUT2D eigenvalue weighted by Crippen LogP contribution is -2.37. The maximum atomic E-state index is 13.0. The number of ether oxygens (including phenoxy) is 1. The van der Waals surface area contributed by atoms with Crippen LogP contribution in [0, 0.1) is 0 Å². The van der Waals surface area contributed by atoms with Crippen LogP contribution in [0.25, 0.3) is 10.9 Å². The number of alkyl halides is 3. The number of halogens is 3. The van der Waals surface area contributed by atoms with Gasteiger partial charge in [0.15, 0.2) is 6.29 Å². The molecule has 1 atom stereocenters. The first-order chi connectivity index (χ1) is 14.9. The molecule has 1 aromatic heterocycles. The van der Waals surface area contributed by atoms with Crippen molar-refractivity contribution in [1.82, 2.24) is 9.78 Å². The average molecular weight is 447 g/mol. The number of hydrogen-bond donors (Lipinski definition) is 1. The van der Waals surface area contributed by atoms with Gasteiger partial charge in [0.1, 0.15) is 11.1 Å². The summed E-state index contributed by atoms with van der Waals surface area (Å²) in [4.78, 5) is 24.5. The van der Waals surface area contributed by atoms with Crippen LogP contribution in [0.5, 0.6) is 0 Å². The van der Waals surface area contributed by atoms with Crippen LogP contribution < -0.4 is 5.32 Å². The molecule has 1 amide bonds. The van der Waals surface area contributed by atoms with Crippen LogP contribution in [0.2, 0.25) is 0 Å². The normalized spacial score (nSPS) is 14.1. The van der Waals surface area contributed by atoms with Crippen molar-refractivity contribution in [3.8, 4) is 0 Å². The van der Waals surface area contributed by atoms with Gasteiger partial charge < -0.3 is 9.53 Å². The van der Waals surface area contributed by atoms with Crippen molar-refractivity contribution >= 4 is 29.0 Å². The molecule has 0 radical (unpaired) electrons. The third kappa shape index (κ3) is 4.46. The Hall–Kier alpha value is -3.36. The molecule has 0 aliphatic rings. The molecule has 0 aliphatic heterocycles. The molecule has 170 valence electrons. The van der Waals surface area contributed by atoms with Crippen LogP contribution in [0.4, 0.5) is 23.7 Å². The summed E-state index contributed by atoms with van der Waals surface area (Å²) in [5.74, 6) is 0. The molecule has 0 saturated carbocycles. The van der Waals surface area contributed by atoms with Gasteiger partial charge in [-0.1, -0.05) is 25.1 Å². The van der Waals surface area contributed by atoms with E-state index in [-0.39, 0.29) is 6.42 Å². The van der Waals surface area contributed by atoms with E-state index in [0.29, 0.717) is 28.4 Å². The number of aromatic nitrogens is 2. The molecule has 0 spiro atoms. The van der Waals surface area contributed by atoms with Gasteiger partial charge in [-0.3, -0.25) is 5.32 Å². The average Bonchev–Trinajstić information content (AvgIpc) is 3.13. The van der Waals surface area contributed by atoms with Crippen LogP contribution in [0.1, 0.15) is 45.2 Å². The minimum absolute atomic E-state index is 0.252. The number of nitrogens with zero attached hydrogens (tertiary/aromatic N) is 2. The van der Waals surface area contributed by atoms with Gasteiger partial charge in [0.2, 0.25) is 0 Å². The molecule has 32 heavy (non-hydrogen) atoms. The summed E-state index contributed by atoms with van der Waals surface area (Å²) in [6.07, 6.45) is -2.69. The highest BCUT2D eigenvalue weighted by Gasteiger charge is 2.36. The fraction of sp³-hybridized carbons (Fsp3) is 0.348. The second-order valence-electron chi connectivity index (χ2n) is 8.39. The summed E-state index contributed by atoms with van der Waals surface area (Å²) in [6, 6.07) is 9.56. The molecule has 6 nitrogen and oxygen atoms in total. The largest absolute Gasteiger partial charge is 0.444 e. The number of carbonyl (C=O) groups is 2. The number of nitrogens with one attached hydrogen (secondary N) is 1. The molecule has 1 N–H and O–H groups in total. The zero-order valence-electron chi connectivity index (χ0n) is 18.2. The fourth-order valence-electron chi connectivity index (χ4n) is 3.52. The maximum Gasteiger partial charge on any atom is 0.416 e. The Kier molecular flexibility index (Phi) is 6.04. The van der Waals surface area contributed by atoms with Crippen LogP contribution in [-0.4, -0.2) is 27.8 Å². The second-order valence-corrected chi connectivity index (χ2v) is 8.39. The molecule has 2 aromatic carbocycles. The minimum atomic E-state index is -4.48.